The van der Waals surface area contributed by atoms with Crippen LogP contribution in [0, 0.1) is 19.8 Å². The Balaban J connectivity index is 1.71. The maximum absolute atomic E-state index is 10.8. The molecule has 37 heavy (non-hydrogen) atoms. The molecular formula is C26H38N6O4S. The molecule has 0 saturated heterocycles. The lowest BCUT2D eigenvalue weighted by Crippen LogP contribution is -2.40. The zero-order chi connectivity index (χ0) is 27.1. The molecule has 0 amide bonds. The second-order valence-electron chi connectivity index (χ2n) is 10.7. The highest BCUT2D eigenvalue weighted by molar-refractivity contribution is 7.21. The number of aliphatic hydroxyl groups is 3. The molecule has 0 radical (unpaired) electrons. The Labute approximate surface area is 221 Å². The van der Waals surface area contributed by atoms with Gasteiger partial charge in [0.15, 0.2) is 0 Å². The molecule has 3 heterocycles. The number of anilines is 2. The third kappa shape index (κ3) is 6.01. The number of ether oxygens (including phenoxy) is 1. The number of aromatic nitrogens is 4. The molecule has 202 valence electrons. The molecule has 1 fully saturated rings. The van der Waals surface area contributed by atoms with Crippen LogP contribution in [-0.4, -0.2) is 77.9 Å². The Bertz CT molecular complexity index is 1240. The molecule has 5 N–H and O–H groups in total. The second-order valence-corrected chi connectivity index (χ2v) is 11.8. The van der Waals surface area contributed by atoms with Gasteiger partial charge in [-0.3, -0.25) is 4.98 Å². The van der Waals surface area contributed by atoms with Gasteiger partial charge >= 0.3 is 0 Å². The number of pyridine rings is 1. The zero-order valence-electron chi connectivity index (χ0n) is 22.5. The first-order valence-electron chi connectivity index (χ1n) is 12.7. The maximum Gasteiger partial charge on any atom is 0.224 e. The number of hydrogen-bond acceptors (Lipinski definition) is 11. The van der Waals surface area contributed by atoms with E-state index in [2.05, 4.69) is 15.6 Å². The fraction of sp³-hybridized carbons (Fsp3) is 0.615. The molecule has 10 nitrogen and oxygen atoms in total. The number of fused-ring (bicyclic) bond motifs is 1. The quantitative estimate of drug-likeness (QED) is 0.279. The highest BCUT2D eigenvalue weighted by Crippen LogP contribution is 2.40. The van der Waals surface area contributed by atoms with Crippen LogP contribution in [0.3, 0.4) is 0 Å². The van der Waals surface area contributed by atoms with Gasteiger partial charge < -0.3 is 30.7 Å². The fourth-order valence-corrected chi connectivity index (χ4v) is 6.01. The van der Waals surface area contributed by atoms with Gasteiger partial charge in [-0.1, -0.05) is 0 Å². The highest BCUT2D eigenvalue weighted by Gasteiger charge is 2.48. The maximum atomic E-state index is 10.8. The first-order valence-corrected chi connectivity index (χ1v) is 13.5. The summed E-state index contributed by atoms with van der Waals surface area (Å²) in [6.07, 6.45) is 0.0694. The summed E-state index contributed by atoms with van der Waals surface area (Å²) in [6.45, 7) is 13.6. The number of hydrogen-bond donors (Lipinski definition) is 5. The van der Waals surface area contributed by atoms with Crippen molar-refractivity contribution in [1.82, 2.24) is 19.9 Å². The summed E-state index contributed by atoms with van der Waals surface area (Å²) in [5, 5.41) is 39.4. The minimum absolute atomic E-state index is 0.0425. The zero-order valence-corrected chi connectivity index (χ0v) is 23.3. The van der Waals surface area contributed by atoms with E-state index in [0.29, 0.717) is 30.4 Å². The monoisotopic (exact) mass is 530 g/mol. The predicted octanol–water partition coefficient (Wildman–Crippen LogP) is 3.28. The molecule has 0 spiro atoms. The molecule has 3 aromatic heterocycles. The van der Waals surface area contributed by atoms with E-state index in [9.17, 15) is 15.3 Å². The van der Waals surface area contributed by atoms with E-state index < -0.39 is 29.8 Å². The molecule has 0 unspecified atom stereocenters. The number of rotatable bonds is 9. The number of aliphatic hydroxyl groups excluding tert-OH is 2. The average Bonchev–Trinajstić information content (AvgIpc) is 3.34. The van der Waals surface area contributed by atoms with Crippen LogP contribution in [0.25, 0.3) is 20.8 Å². The Hall–Kier alpha value is -2.44. The van der Waals surface area contributed by atoms with Crippen LogP contribution in [0.5, 0.6) is 0 Å². The largest absolute Gasteiger partial charge is 0.390 e. The minimum atomic E-state index is -1.14. The molecule has 0 bridgehead atoms. The normalized spacial score (nSPS) is 23.1. The third-order valence-electron chi connectivity index (χ3n) is 6.76. The first-order chi connectivity index (χ1) is 17.3. The Morgan fingerprint density at radius 3 is 2.46 bits per heavy atom. The van der Waals surface area contributed by atoms with Crippen LogP contribution in [0.4, 0.5) is 11.8 Å². The van der Waals surface area contributed by atoms with Crippen molar-refractivity contribution in [3.05, 3.63) is 23.7 Å². The Morgan fingerprint density at radius 1 is 1.11 bits per heavy atom. The van der Waals surface area contributed by atoms with Crippen LogP contribution < -0.4 is 10.6 Å². The molecule has 0 aliphatic heterocycles. The van der Waals surface area contributed by atoms with E-state index in [1.165, 1.54) is 11.3 Å². The second kappa shape index (κ2) is 10.7. The summed E-state index contributed by atoms with van der Waals surface area (Å²) >= 11 is 1.52. The topological polar surface area (TPSA) is 146 Å². The van der Waals surface area contributed by atoms with Crippen molar-refractivity contribution in [2.45, 2.75) is 90.9 Å². The van der Waals surface area contributed by atoms with Gasteiger partial charge in [0, 0.05) is 18.7 Å². The number of thiazole rings is 1. The number of aryl methyl sites for hydroxylation is 2. The van der Waals surface area contributed by atoms with Crippen LogP contribution in [-0.2, 0) is 4.74 Å². The molecule has 11 heteroatoms. The lowest BCUT2D eigenvalue weighted by atomic mass is 9.88. The predicted molar refractivity (Wildman–Crippen MR) is 146 cm³/mol. The summed E-state index contributed by atoms with van der Waals surface area (Å²) < 4.78 is 6.82. The van der Waals surface area contributed by atoms with Crippen molar-refractivity contribution >= 4 is 33.3 Å². The van der Waals surface area contributed by atoms with E-state index in [0.717, 1.165) is 26.5 Å². The lowest BCUT2D eigenvalue weighted by molar-refractivity contribution is -0.0601. The summed E-state index contributed by atoms with van der Waals surface area (Å²) in [7, 11) is 0. The van der Waals surface area contributed by atoms with Crippen molar-refractivity contribution in [1.29, 1.82) is 0 Å². The SMILES string of the molecule is Cc1nc(NC[C@@H](C)OC(C)C)nc(N[C@@H]2C[C@H](C(C)(C)O)[C@@H](O)[C@H]2O)c1-c1nc2c(C)nccc2s1. The smallest absolute Gasteiger partial charge is 0.224 e. The van der Waals surface area contributed by atoms with Gasteiger partial charge in [-0.15, -0.1) is 11.3 Å². The Morgan fingerprint density at radius 2 is 1.84 bits per heavy atom. The van der Waals surface area contributed by atoms with Crippen molar-refractivity contribution in [3.8, 4) is 10.6 Å². The summed E-state index contributed by atoms with van der Waals surface area (Å²) in [4.78, 5) is 18.7. The van der Waals surface area contributed by atoms with Gasteiger partial charge in [0.25, 0.3) is 0 Å². The molecule has 1 saturated carbocycles. The van der Waals surface area contributed by atoms with Gasteiger partial charge in [0.2, 0.25) is 5.95 Å². The van der Waals surface area contributed by atoms with Gasteiger partial charge in [-0.2, -0.15) is 4.98 Å². The van der Waals surface area contributed by atoms with E-state index in [1.807, 2.05) is 40.7 Å². The van der Waals surface area contributed by atoms with Crippen molar-refractivity contribution in [2.75, 3.05) is 17.2 Å². The Kier molecular flexibility index (Phi) is 8.01. The summed E-state index contributed by atoms with van der Waals surface area (Å²) in [6, 6.07) is 1.41. The standard InChI is InChI=1S/C26H38N6O4S/c1-12(2)36-13(3)11-28-25-29-14(4)19(24-31-20-15(5)27-9-8-18(20)37-24)23(32-25)30-17-10-16(26(6,7)35)21(33)22(17)34/h8-9,12-13,16-17,21-22,33-35H,10-11H2,1-7H3,(H2,28,29,30,32)/t13-,16+,17-,21-,22+/m1/s1. The van der Waals surface area contributed by atoms with E-state index in [-0.39, 0.29) is 12.2 Å². The van der Waals surface area contributed by atoms with Crippen LogP contribution in [0.2, 0.25) is 0 Å². The van der Waals surface area contributed by atoms with Crippen molar-refractivity contribution in [3.63, 3.8) is 0 Å². The van der Waals surface area contributed by atoms with Crippen LogP contribution in [0.1, 0.15) is 52.4 Å². The molecular weight excluding hydrogens is 492 g/mol. The van der Waals surface area contributed by atoms with Gasteiger partial charge in [0.1, 0.15) is 22.4 Å². The van der Waals surface area contributed by atoms with Crippen LogP contribution in [0.15, 0.2) is 12.3 Å². The number of nitrogens with one attached hydrogen (secondary N) is 2. The number of nitrogens with zero attached hydrogens (tertiary/aromatic N) is 4. The highest BCUT2D eigenvalue weighted by atomic mass is 32.1. The van der Waals surface area contributed by atoms with E-state index in [1.54, 1.807) is 20.0 Å². The molecule has 3 aromatic rings. The molecule has 1 aliphatic rings. The molecule has 0 aromatic carbocycles. The minimum Gasteiger partial charge on any atom is -0.390 e. The molecule has 1 aliphatic carbocycles. The molecule has 4 rings (SSSR count). The average molecular weight is 531 g/mol. The summed E-state index contributed by atoms with van der Waals surface area (Å²) in [5.74, 6) is 0.438. The molecule has 5 atom stereocenters. The first kappa shape index (κ1) is 27.6. The summed E-state index contributed by atoms with van der Waals surface area (Å²) in [5.41, 5.74) is 1.97. The van der Waals surface area contributed by atoms with Gasteiger partial charge in [-0.05, 0) is 61.0 Å². The van der Waals surface area contributed by atoms with E-state index in [4.69, 9.17) is 19.7 Å². The van der Waals surface area contributed by atoms with Crippen molar-refractivity contribution < 1.29 is 20.1 Å². The fourth-order valence-electron chi connectivity index (χ4n) is 4.90. The van der Waals surface area contributed by atoms with Gasteiger partial charge in [-0.25, -0.2) is 9.97 Å². The lowest BCUT2D eigenvalue weighted by Gasteiger charge is -2.28. The third-order valence-corrected chi connectivity index (χ3v) is 7.80. The van der Waals surface area contributed by atoms with E-state index >= 15 is 0 Å². The van der Waals surface area contributed by atoms with Crippen LogP contribution >= 0.6 is 11.3 Å². The van der Waals surface area contributed by atoms with Crippen molar-refractivity contribution in [2.24, 2.45) is 5.92 Å². The van der Waals surface area contributed by atoms with Gasteiger partial charge in [0.05, 0.1) is 51.6 Å².